The normalized spacial score (nSPS) is 14.4. The number of nitrogens with two attached hydrogens (primary N) is 1. The molecule has 0 amide bonds. The number of allylic oxidation sites excluding steroid dienone is 3. The molecule has 0 saturated carbocycles. The molecule has 0 aliphatic carbocycles. The summed E-state index contributed by atoms with van der Waals surface area (Å²) < 4.78 is 7.40. The number of ether oxygens (including phenoxy) is 1. The van der Waals surface area contributed by atoms with Crippen molar-refractivity contribution in [2.75, 3.05) is 20.2 Å². The molecule has 3 N–H and O–H groups in total. The number of aliphatic hydroxyl groups is 1. The fraction of sp³-hybridized carbons (Fsp3) is 0.333. The van der Waals surface area contributed by atoms with Crippen molar-refractivity contribution in [1.29, 1.82) is 0 Å². The Hall–Kier alpha value is -2.60. The molecule has 6 heteroatoms. The van der Waals surface area contributed by atoms with E-state index in [0.717, 1.165) is 0 Å². The Balaban J connectivity index is 4.68. The van der Waals surface area contributed by atoms with Gasteiger partial charge in [-0.25, -0.2) is 9.57 Å². The molecule has 0 fully saturated rings. The minimum atomic E-state index is -0.686. The van der Waals surface area contributed by atoms with Crippen molar-refractivity contribution >= 4 is 24.5 Å². The lowest BCUT2D eigenvalue weighted by Gasteiger charge is -2.11. The monoisotopic (exact) mass is 332 g/mol. The number of nitrogens with zero attached hydrogens (tertiary/aromatic N) is 3. The fourth-order valence-corrected chi connectivity index (χ4v) is 1.58. The van der Waals surface area contributed by atoms with E-state index in [1.807, 2.05) is 17.0 Å². The Morgan fingerprint density at radius 3 is 2.75 bits per heavy atom. The van der Waals surface area contributed by atoms with E-state index < -0.39 is 6.10 Å². The van der Waals surface area contributed by atoms with Gasteiger partial charge in [0.1, 0.15) is 18.9 Å². The second kappa shape index (κ2) is 15.3. The molecule has 0 aliphatic heterocycles. The largest absolute Gasteiger partial charge is 0.477 e. The van der Waals surface area contributed by atoms with Crippen molar-refractivity contribution in [2.24, 2.45) is 9.98 Å². The average Bonchev–Trinajstić information content (AvgIpc) is 2.57. The maximum Gasteiger partial charge on any atom is 0.191 e. The summed E-state index contributed by atoms with van der Waals surface area (Å²) in [6.45, 7) is 7.85. The summed E-state index contributed by atoms with van der Waals surface area (Å²) in [5, 5.41) is 15.4. The van der Waals surface area contributed by atoms with E-state index in [1.54, 1.807) is 37.6 Å². The highest BCUT2D eigenvalue weighted by Crippen LogP contribution is 1.96. The number of hydrogen-bond donors (Lipinski definition) is 2. The van der Waals surface area contributed by atoms with Gasteiger partial charge in [0, 0.05) is 44.5 Å². The van der Waals surface area contributed by atoms with Crippen LogP contribution in [0.1, 0.15) is 12.8 Å². The standard InChI is InChI=1S/C18H27N4O2/c1-4-6-13-22(14-8-11-20-3)15-17(23)16-24-18(9-5-2)21-12-7-10-19/h4-5,7-8,10-14,17,19,23H,1-2,6,9,15-16H2,3H3/q+1/p+1/b12-7-,14-8-,19-10?,20-11?,21-18?,22-13?. The van der Waals surface area contributed by atoms with Gasteiger partial charge in [0.15, 0.2) is 24.9 Å². The van der Waals surface area contributed by atoms with Gasteiger partial charge in [-0.05, 0) is 0 Å². The Kier molecular flexibility index (Phi) is 13.6. The Morgan fingerprint density at radius 1 is 1.33 bits per heavy atom. The molecule has 0 rings (SSSR count). The van der Waals surface area contributed by atoms with Crippen LogP contribution in [0.25, 0.3) is 0 Å². The summed E-state index contributed by atoms with van der Waals surface area (Å²) in [6.07, 6.45) is 15.7. The van der Waals surface area contributed by atoms with Gasteiger partial charge in [-0.1, -0.05) is 12.2 Å². The van der Waals surface area contributed by atoms with E-state index in [1.165, 1.54) is 12.4 Å². The van der Waals surface area contributed by atoms with Gasteiger partial charge in [-0.3, -0.25) is 10.4 Å². The lowest BCUT2D eigenvalue weighted by molar-refractivity contribution is -0.465. The smallest absolute Gasteiger partial charge is 0.191 e. The maximum atomic E-state index is 10.2. The van der Waals surface area contributed by atoms with Crippen LogP contribution in [-0.4, -0.2) is 60.5 Å². The number of aliphatic imine (C=N–C) groups is 2. The zero-order valence-electron chi connectivity index (χ0n) is 14.3. The quantitative estimate of drug-likeness (QED) is 0.237. The van der Waals surface area contributed by atoms with Gasteiger partial charge in [-0.2, -0.15) is 0 Å². The molecule has 130 valence electrons. The summed E-state index contributed by atoms with van der Waals surface area (Å²) in [4.78, 5) is 8.00. The van der Waals surface area contributed by atoms with Crippen LogP contribution in [0.3, 0.4) is 0 Å². The van der Waals surface area contributed by atoms with E-state index in [-0.39, 0.29) is 6.61 Å². The first-order valence-electron chi connectivity index (χ1n) is 7.65. The third-order valence-corrected chi connectivity index (χ3v) is 2.62. The maximum absolute atomic E-state index is 10.2. The summed E-state index contributed by atoms with van der Waals surface area (Å²) in [5.41, 5.74) is 0. The highest BCUT2D eigenvalue weighted by molar-refractivity contribution is 5.78. The molecule has 1 unspecified atom stereocenters. The van der Waals surface area contributed by atoms with E-state index in [9.17, 15) is 5.11 Å². The van der Waals surface area contributed by atoms with E-state index in [2.05, 4.69) is 23.1 Å². The molecule has 0 heterocycles. The molecular formula is C18H28N4O2+2. The summed E-state index contributed by atoms with van der Waals surface area (Å²) in [5.74, 6) is 0.470. The van der Waals surface area contributed by atoms with Gasteiger partial charge in [-0.15, -0.1) is 13.2 Å². The minimum absolute atomic E-state index is 0.126. The first-order chi connectivity index (χ1) is 11.7. The van der Waals surface area contributed by atoms with Crippen molar-refractivity contribution in [1.82, 2.24) is 0 Å². The van der Waals surface area contributed by atoms with Gasteiger partial charge in [0.2, 0.25) is 0 Å². The first kappa shape index (κ1) is 21.4. The topological polar surface area (TPSA) is 82.8 Å². The first-order valence-corrected chi connectivity index (χ1v) is 7.65. The van der Waals surface area contributed by atoms with Crippen molar-refractivity contribution in [3.63, 3.8) is 0 Å². The second-order valence-electron chi connectivity index (χ2n) is 4.67. The van der Waals surface area contributed by atoms with Crippen LogP contribution >= 0.6 is 0 Å². The molecule has 0 saturated heterocycles. The summed E-state index contributed by atoms with van der Waals surface area (Å²) in [6, 6.07) is 0. The molecule has 0 aliphatic rings. The summed E-state index contributed by atoms with van der Waals surface area (Å²) >= 11 is 0. The zero-order chi connectivity index (χ0) is 18.0. The van der Waals surface area contributed by atoms with Crippen molar-refractivity contribution in [3.8, 4) is 0 Å². The molecule has 1 atom stereocenters. The second-order valence-corrected chi connectivity index (χ2v) is 4.67. The molecular weight excluding hydrogens is 304 g/mol. The van der Waals surface area contributed by atoms with Crippen LogP contribution in [0.4, 0.5) is 0 Å². The van der Waals surface area contributed by atoms with Crippen LogP contribution in [0.2, 0.25) is 0 Å². The number of aliphatic hydroxyl groups excluding tert-OH is 1. The summed E-state index contributed by atoms with van der Waals surface area (Å²) in [7, 11) is 1.70. The Labute approximate surface area is 144 Å². The van der Waals surface area contributed by atoms with Crippen LogP contribution in [0.5, 0.6) is 0 Å². The Bertz CT molecular complexity index is 531. The van der Waals surface area contributed by atoms with E-state index in [4.69, 9.17) is 10.1 Å². The molecule has 0 aromatic carbocycles. The average molecular weight is 332 g/mol. The molecule has 0 radical (unpaired) electrons. The van der Waals surface area contributed by atoms with Crippen LogP contribution in [0.15, 0.2) is 59.8 Å². The molecule has 24 heavy (non-hydrogen) atoms. The molecule has 0 spiro atoms. The van der Waals surface area contributed by atoms with Gasteiger partial charge >= 0.3 is 0 Å². The molecule has 0 aromatic heterocycles. The third-order valence-electron chi connectivity index (χ3n) is 2.62. The molecule has 6 nitrogen and oxygen atoms in total. The third kappa shape index (κ3) is 12.0. The number of rotatable bonds is 12. The Morgan fingerprint density at radius 2 is 2.12 bits per heavy atom. The van der Waals surface area contributed by atoms with Crippen molar-refractivity contribution < 1.29 is 19.8 Å². The predicted molar refractivity (Wildman–Crippen MR) is 101 cm³/mol. The van der Waals surface area contributed by atoms with Gasteiger partial charge in [0.05, 0.1) is 0 Å². The highest BCUT2D eigenvalue weighted by atomic mass is 16.5. The van der Waals surface area contributed by atoms with E-state index in [0.29, 0.717) is 25.3 Å². The molecule has 0 aromatic rings. The molecule has 0 bridgehead atoms. The van der Waals surface area contributed by atoms with E-state index >= 15 is 0 Å². The fourth-order valence-electron chi connectivity index (χ4n) is 1.58. The number of hydrogen-bond acceptors (Lipinski definition) is 4. The van der Waals surface area contributed by atoms with Crippen LogP contribution in [-0.2, 0) is 4.74 Å². The zero-order valence-corrected chi connectivity index (χ0v) is 14.3. The minimum Gasteiger partial charge on any atom is -0.477 e. The van der Waals surface area contributed by atoms with Crippen LogP contribution < -0.4 is 5.41 Å². The lowest BCUT2D eigenvalue weighted by atomic mass is 10.3. The lowest BCUT2D eigenvalue weighted by Crippen LogP contribution is -2.28. The van der Waals surface area contributed by atoms with Crippen molar-refractivity contribution in [3.05, 3.63) is 49.9 Å². The van der Waals surface area contributed by atoms with Crippen LogP contribution in [0, 0.1) is 0 Å². The highest BCUT2D eigenvalue weighted by Gasteiger charge is 2.13. The van der Waals surface area contributed by atoms with Gasteiger partial charge in [0.25, 0.3) is 0 Å². The SMILES string of the molecule is C=CCC=[N+](/C=C\C=NC)CC(O)COC(CC=C)=N/C=C\C=[NH2+]. The van der Waals surface area contributed by atoms with Crippen molar-refractivity contribution in [2.45, 2.75) is 18.9 Å². The van der Waals surface area contributed by atoms with Gasteiger partial charge < -0.3 is 9.84 Å². The predicted octanol–water partition coefficient (Wildman–Crippen LogP) is 0.556.